The molecule has 2 aliphatic rings. The number of esters is 1. The van der Waals surface area contributed by atoms with Crippen LogP contribution in [0.25, 0.3) is 0 Å². The normalized spacial score (nSPS) is 20.4. The van der Waals surface area contributed by atoms with Crippen molar-refractivity contribution >= 4 is 17.9 Å². The largest absolute Gasteiger partial charge is 0.463 e. The first-order chi connectivity index (χ1) is 18.2. The molecule has 0 spiro atoms. The maximum Gasteiger partial charge on any atom is 0.338 e. The summed E-state index contributed by atoms with van der Waals surface area (Å²) < 4.78 is 19.5. The molecule has 0 bridgehead atoms. The van der Waals surface area contributed by atoms with Crippen LogP contribution in [0.5, 0.6) is 0 Å². The van der Waals surface area contributed by atoms with Crippen LogP contribution in [-0.4, -0.2) is 78.0 Å². The first kappa shape index (κ1) is 27.3. The van der Waals surface area contributed by atoms with Gasteiger partial charge in [0.05, 0.1) is 18.2 Å². The summed E-state index contributed by atoms with van der Waals surface area (Å²) in [6.45, 7) is 10.0. The number of benzene rings is 2. The van der Waals surface area contributed by atoms with Crippen molar-refractivity contribution in [3.05, 3.63) is 82.3 Å². The maximum absolute atomic E-state index is 14.1. The zero-order valence-electron chi connectivity index (χ0n) is 22.4. The van der Waals surface area contributed by atoms with E-state index in [0.29, 0.717) is 55.1 Å². The minimum Gasteiger partial charge on any atom is -0.463 e. The van der Waals surface area contributed by atoms with Gasteiger partial charge in [0.1, 0.15) is 5.82 Å². The molecule has 0 saturated carbocycles. The van der Waals surface area contributed by atoms with Crippen LogP contribution in [0.2, 0.25) is 0 Å². The molecule has 2 aromatic rings. The minimum atomic E-state index is -0.836. The molecule has 8 nitrogen and oxygen atoms in total. The van der Waals surface area contributed by atoms with Crippen molar-refractivity contribution in [2.24, 2.45) is 0 Å². The zero-order valence-corrected chi connectivity index (χ0v) is 22.4. The van der Waals surface area contributed by atoms with Crippen LogP contribution in [0.4, 0.5) is 9.18 Å². The monoisotopic (exact) mass is 522 g/mol. The van der Waals surface area contributed by atoms with Crippen LogP contribution >= 0.6 is 0 Å². The number of hydrogen-bond acceptors (Lipinski definition) is 5. The molecule has 2 atom stereocenters. The van der Waals surface area contributed by atoms with Gasteiger partial charge >= 0.3 is 12.0 Å². The predicted molar refractivity (Wildman–Crippen MR) is 142 cm³/mol. The lowest BCUT2D eigenvalue weighted by atomic mass is 9.94. The Morgan fingerprint density at radius 3 is 2.47 bits per heavy atom. The quantitative estimate of drug-likeness (QED) is 0.558. The van der Waals surface area contributed by atoms with Crippen LogP contribution in [0.3, 0.4) is 0 Å². The van der Waals surface area contributed by atoms with Gasteiger partial charge < -0.3 is 15.0 Å². The van der Waals surface area contributed by atoms with E-state index in [9.17, 15) is 18.8 Å². The number of urea groups is 1. The molecule has 202 valence electrons. The van der Waals surface area contributed by atoms with Crippen molar-refractivity contribution in [2.75, 3.05) is 39.3 Å². The first-order valence-corrected chi connectivity index (χ1v) is 13.1. The van der Waals surface area contributed by atoms with Crippen LogP contribution in [0, 0.1) is 12.7 Å². The number of piperazine rings is 1. The number of likely N-dealkylation sites (N-methyl/N-ethyl adjacent to an activating group) is 1. The van der Waals surface area contributed by atoms with Gasteiger partial charge in [-0.15, -0.1) is 0 Å². The second-order valence-electron chi connectivity index (χ2n) is 9.71. The molecule has 2 aromatic carbocycles. The van der Waals surface area contributed by atoms with E-state index in [1.54, 1.807) is 19.1 Å². The Morgan fingerprint density at radius 2 is 1.84 bits per heavy atom. The van der Waals surface area contributed by atoms with Gasteiger partial charge in [-0.05, 0) is 57.5 Å². The van der Waals surface area contributed by atoms with Gasteiger partial charge in [-0.2, -0.15) is 0 Å². The van der Waals surface area contributed by atoms with Gasteiger partial charge in [-0.3, -0.25) is 14.6 Å². The van der Waals surface area contributed by atoms with E-state index >= 15 is 0 Å². The molecule has 0 aliphatic carbocycles. The van der Waals surface area contributed by atoms with Crippen molar-refractivity contribution in [1.29, 1.82) is 0 Å². The van der Waals surface area contributed by atoms with Crippen LogP contribution in [-0.2, 0) is 9.53 Å². The van der Waals surface area contributed by atoms with Crippen molar-refractivity contribution in [3.8, 4) is 0 Å². The van der Waals surface area contributed by atoms with Crippen LogP contribution in [0.1, 0.15) is 48.3 Å². The molecule has 1 N–H and O–H groups in total. The summed E-state index contributed by atoms with van der Waals surface area (Å²) >= 11 is 0. The van der Waals surface area contributed by atoms with E-state index in [4.69, 9.17) is 4.74 Å². The van der Waals surface area contributed by atoms with E-state index in [1.807, 2.05) is 49.9 Å². The molecule has 1 saturated heterocycles. The lowest BCUT2D eigenvalue weighted by Crippen LogP contribution is -2.56. The number of carbonyl (C=O) groups is 3. The molecule has 1 fully saturated rings. The van der Waals surface area contributed by atoms with E-state index in [0.717, 1.165) is 5.56 Å². The fourth-order valence-electron chi connectivity index (χ4n) is 5.15. The molecule has 0 radical (unpaired) electrons. The second kappa shape index (κ2) is 11.8. The summed E-state index contributed by atoms with van der Waals surface area (Å²) in [5.74, 6) is -1.01. The number of amides is 3. The summed E-state index contributed by atoms with van der Waals surface area (Å²) in [6, 6.07) is 12.2. The fraction of sp³-hybridized carbons (Fsp3) is 0.414. The van der Waals surface area contributed by atoms with Gasteiger partial charge in [0, 0.05) is 50.0 Å². The van der Waals surface area contributed by atoms with Crippen molar-refractivity contribution in [1.82, 2.24) is 20.0 Å². The highest BCUT2D eigenvalue weighted by atomic mass is 19.1. The molecular formula is C29H35FN4O4. The molecule has 0 unspecified atom stereocenters. The van der Waals surface area contributed by atoms with E-state index in [-0.39, 0.29) is 24.6 Å². The highest BCUT2D eigenvalue weighted by Crippen LogP contribution is 2.32. The first-order valence-electron chi connectivity index (χ1n) is 13.1. The molecule has 38 heavy (non-hydrogen) atoms. The number of aryl methyl sites for hydroxylation is 1. The number of hydrogen-bond donors (Lipinski definition) is 1. The van der Waals surface area contributed by atoms with Gasteiger partial charge in [-0.1, -0.05) is 29.8 Å². The topological polar surface area (TPSA) is 82.2 Å². The summed E-state index contributed by atoms with van der Waals surface area (Å²) in [5.41, 5.74) is 3.05. The Hall–Kier alpha value is -3.72. The van der Waals surface area contributed by atoms with Crippen molar-refractivity contribution in [3.63, 3.8) is 0 Å². The average molecular weight is 523 g/mol. The number of carbonyl (C=O) groups excluding carboxylic acids is 3. The number of nitrogens with one attached hydrogen (secondary N) is 1. The summed E-state index contributed by atoms with van der Waals surface area (Å²) in [7, 11) is 0. The van der Waals surface area contributed by atoms with Crippen LogP contribution < -0.4 is 5.32 Å². The molecule has 3 amide bonds. The summed E-state index contributed by atoms with van der Waals surface area (Å²) in [4.78, 5) is 45.1. The average Bonchev–Trinajstić information content (AvgIpc) is 2.89. The van der Waals surface area contributed by atoms with E-state index < -0.39 is 17.8 Å². The molecular weight excluding hydrogens is 487 g/mol. The smallest absolute Gasteiger partial charge is 0.338 e. The summed E-state index contributed by atoms with van der Waals surface area (Å²) in [5, 5.41) is 2.86. The van der Waals surface area contributed by atoms with Crippen LogP contribution in [0.15, 0.2) is 59.8 Å². The minimum absolute atomic E-state index is 0.0121. The predicted octanol–water partition coefficient (Wildman–Crippen LogP) is 3.88. The van der Waals surface area contributed by atoms with E-state index in [1.165, 1.54) is 17.0 Å². The fourth-order valence-corrected chi connectivity index (χ4v) is 5.15. The highest BCUT2D eigenvalue weighted by molar-refractivity contribution is 5.95. The maximum atomic E-state index is 14.1. The number of ether oxygens (including phenoxy) is 1. The van der Waals surface area contributed by atoms with Crippen molar-refractivity contribution in [2.45, 2.75) is 39.8 Å². The Morgan fingerprint density at radius 1 is 1.11 bits per heavy atom. The van der Waals surface area contributed by atoms with Gasteiger partial charge in [0.25, 0.3) is 5.91 Å². The summed E-state index contributed by atoms with van der Waals surface area (Å²) in [6.07, 6.45) is 0. The standard InChI is InChI=1S/C29H35FN4O4/c1-5-33-24(18-32-14-15-34(20(4)17-32)27(35)21-12-10-19(3)11-13-21)25(28(36)38-6-2)26(31-29(33)37)22-8-7-9-23(30)16-22/h7-13,16,20,26H,5-6,14-15,17-18H2,1-4H3,(H,31,37)/t20-,26+/m0/s1. The Bertz CT molecular complexity index is 1230. The highest BCUT2D eigenvalue weighted by Gasteiger charge is 2.39. The van der Waals surface area contributed by atoms with Gasteiger partial charge in [0.15, 0.2) is 0 Å². The third kappa shape index (κ3) is 5.72. The molecule has 0 aromatic heterocycles. The number of nitrogens with zero attached hydrogens (tertiary/aromatic N) is 3. The lowest BCUT2D eigenvalue weighted by Gasteiger charge is -2.43. The number of rotatable bonds is 7. The SMILES string of the molecule is CCOC(=O)C1=C(CN2CCN(C(=O)c3ccc(C)cc3)[C@@H](C)C2)N(CC)C(=O)N[C@@H]1c1cccc(F)c1. The third-order valence-electron chi connectivity index (χ3n) is 7.08. The Balaban J connectivity index is 1.62. The third-order valence-corrected chi connectivity index (χ3v) is 7.08. The molecule has 2 aliphatic heterocycles. The van der Waals surface area contributed by atoms with E-state index in [2.05, 4.69) is 10.2 Å². The van der Waals surface area contributed by atoms with Crippen molar-refractivity contribution < 1.29 is 23.5 Å². The lowest BCUT2D eigenvalue weighted by molar-refractivity contribution is -0.139. The second-order valence-corrected chi connectivity index (χ2v) is 9.71. The van der Waals surface area contributed by atoms with Gasteiger partial charge in [-0.25, -0.2) is 14.0 Å². The zero-order chi connectivity index (χ0) is 27.4. The molecule has 2 heterocycles. The Kier molecular flexibility index (Phi) is 8.46. The molecule has 4 rings (SSSR count). The number of halogens is 1. The van der Waals surface area contributed by atoms with Gasteiger partial charge in [0.2, 0.25) is 0 Å². The molecule has 9 heteroatoms. The Labute approximate surface area is 223 Å².